The maximum absolute atomic E-state index is 5.09. The predicted molar refractivity (Wildman–Crippen MR) is 58.0 cm³/mol. The van der Waals surface area contributed by atoms with Crippen molar-refractivity contribution in [3.63, 3.8) is 0 Å². The Hall–Kier alpha value is -0.500. The predicted octanol–water partition coefficient (Wildman–Crippen LogP) is 2.31. The molecule has 2 aliphatic carbocycles. The van der Waals surface area contributed by atoms with Gasteiger partial charge in [0, 0.05) is 6.04 Å². The number of rotatable bonds is 8. The van der Waals surface area contributed by atoms with Gasteiger partial charge in [-0.2, -0.15) is 0 Å². The molecule has 0 aromatic rings. The molecule has 0 aliphatic heterocycles. The van der Waals surface area contributed by atoms with Crippen molar-refractivity contribution in [2.75, 3.05) is 13.2 Å². The van der Waals surface area contributed by atoms with Crippen LogP contribution in [0.4, 0.5) is 0 Å². The van der Waals surface area contributed by atoms with Gasteiger partial charge in [-0.3, -0.25) is 0 Å². The van der Waals surface area contributed by atoms with Crippen LogP contribution in [0.5, 0.6) is 0 Å². The highest BCUT2D eigenvalue weighted by molar-refractivity contribution is 4.96. The molecule has 2 aliphatic rings. The molecule has 0 saturated heterocycles. The van der Waals surface area contributed by atoms with Crippen LogP contribution in [-0.2, 0) is 4.74 Å². The number of nitrogens with one attached hydrogen (secondary N) is 1. The monoisotopic (exact) mass is 195 g/mol. The Kier molecular flexibility index (Phi) is 3.46. The Morgan fingerprint density at radius 1 is 1.29 bits per heavy atom. The van der Waals surface area contributed by atoms with Crippen LogP contribution in [0.15, 0.2) is 12.8 Å². The zero-order chi connectivity index (χ0) is 9.80. The van der Waals surface area contributed by atoms with Crippen molar-refractivity contribution in [1.82, 2.24) is 5.32 Å². The van der Waals surface area contributed by atoms with E-state index in [4.69, 9.17) is 4.74 Å². The number of hydrogen-bond donors (Lipinski definition) is 1. The van der Waals surface area contributed by atoms with E-state index in [1.807, 2.05) is 0 Å². The highest BCUT2D eigenvalue weighted by Gasteiger charge is 2.40. The SMILES string of the molecule is C=COCCCNC(C1CC1)C1CC1. The summed E-state index contributed by atoms with van der Waals surface area (Å²) in [6.45, 7) is 5.43. The lowest BCUT2D eigenvalue weighted by atomic mass is 10.1. The highest BCUT2D eigenvalue weighted by Crippen LogP contribution is 2.44. The summed E-state index contributed by atoms with van der Waals surface area (Å²) in [7, 11) is 0. The van der Waals surface area contributed by atoms with E-state index in [-0.39, 0.29) is 0 Å². The van der Waals surface area contributed by atoms with Crippen molar-refractivity contribution in [3.8, 4) is 0 Å². The summed E-state index contributed by atoms with van der Waals surface area (Å²) >= 11 is 0. The molecular formula is C12H21NO. The zero-order valence-electron chi connectivity index (χ0n) is 8.87. The van der Waals surface area contributed by atoms with Gasteiger partial charge in [-0.15, -0.1) is 0 Å². The van der Waals surface area contributed by atoms with Crippen molar-refractivity contribution < 1.29 is 4.74 Å². The van der Waals surface area contributed by atoms with E-state index < -0.39 is 0 Å². The standard InChI is InChI=1S/C12H21NO/c1-2-14-9-3-8-13-12(10-4-5-10)11-6-7-11/h2,10-13H,1,3-9H2. The van der Waals surface area contributed by atoms with Gasteiger partial charge < -0.3 is 10.1 Å². The molecule has 2 rings (SSSR count). The summed E-state index contributed by atoms with van der Waals surface area (Å²) in [6.07, 6.45) is 8.45. The lowest BCUT2D eigenvalue weighted by Gasteiger charge is -2.17. The maximum Gasteiger partial charge on any atom is 0.0885 e. The zero-order valence-corrected chi connectivity index (χ0v) is 8.87. The smallest absolute Gasteiger partial charge is 0.0885 e. The Morgan fingerprint density at radius 2 is 1.93 bits per heavy atom. The van der Waals surface area contributed by atoms with Crippen molar-refractivity contribution in [2.45, 2.75) is 38.1 Å². The molecule has 0 aromatic heterocycles. The number of ether oxygens (including phenoxy) is 1. The van der Waals surface area contributed by atoms with E-state index in [0.29, 0.717) is 0 Å². The van der Waals surface area contributed by atoms with Crippen LogP contribution in [-0.4, -0.2) is 19.2 Å². The Balaban J connectivity index is 1.55. The molecule has 0 amide bonds. The first kappa shape index (κ1) is 10.0. The number of hydrogen-bond acceptors (Lipinski definition) is 2. The van der Waals surface area contributed by atoms with Crippen LogP contribution >= 0.6 is 0 Å². The molecule has 0 aromatic carbocycles. The quantitative estimate of drug-likeness (QED) is 0.474. The Morgan fingerprint density at radius 3 is 2.43 bits per heavy atom. The van der Waals surface area contributed by atoms with Gasteiger partial charge in [0.2, 0.25) is 0 Å². The minimum atomic E-state index is 0.804. The molecule has 14 heavy (non-hydrogen) atoms. The van der Waals surface area contributed by atoms with E-state index in [1.165, 1.54) is 31.9 Å². The summed E-state index contributed by atoms with van der Waals surface area (Å²) in [5, 5.41) is 3.69. The minimum Gasteiger partial charge on any atom is -0.502 e. The topological polar surface area (TPSA) is 21.3 Å². The van der Waals surface area contributed by atoms with Gasteiger partial charge in [-0.05, 0) is 50.5 Å². The molecule has 0 atom stereocenters. The van der Waals surface area contributed by atoms with Gasteiger partial charge in [-0.25, -0.2) is 0 Å². The van der Waals surface area contributed by atoms with Gasteiger partial charge in [0.25, 0.3) is 0 Å². The molecule has 80 valence electrons. The molecule has 2 saturated carbocycles. The molecule has 2 nitrogen and oxygen atoms in total. The van der Waals surface area contributed by atoms with Crippen LogP contribution < -0.4 is 5.32 Å². The van der Waals surface area contributed by atoms with E-state index in [9.17, 15) is 0 Å². The molecule has 2 heteroatoms. The molecule has 0 bridgehead atoms. The van der Waals surface area contributed by atoms with Crippen molar-refractivity contribution in [2.24, 2.45) is 11.8 Å². The first-order chi connectivity index (χ1) is 6.92. The molecule has 1 N–H and O–H groups in total. The molecule has 0 heterocycles. The molecule has 2 fully saturated rings. The molecule has 0 spiro atoms. The second-order valence-electron chi connectivity index (χ2n) is 4.55. The van der Waals surface area contributed by atoms with Crippen molar-refractivity contribution in [1.29, 1.82) is 0 Å². The lowest BCUT2D eigenvalue weighted by Crippen LogP contribution is -2.34. The van der Waals surface area contributed by atoms with Gasteiger partial charge in [-0.1, -0.05) is 6.58 Å². The van der Waals surface area contributed by atoms with Gasteiger partial charge in [0.15, 0.2) is 0 Å². The lowest BCUT2D eigenvalue weighted by molar-refractivity contribution is 0.240. The fourth-order valence-electron chi connectivity index (χ4n) is 2.14. The van der Waals surface area contributed by atoms with Gasteiger partial charge in [0.05, 0.1) is 12.9 Å². The highest BCUT2D eigenvalue weighted by atomic mass is 16.5. The average molecular weight is 195 g/mol. The first-order valence-corrected chi connectivity index (χ1v) is 5.87. The Bertz CT molecular complexity index is 173. The Labute approximate surface area is 86.7 Å². The van der Waals surface area contributed by atoms with Crippen LogP contribution in [0.3, 0.4) is 0 Å². The fourth-order valence-corrected chi connectivity index (χ4v) is 2.14. The van der Waals surface area contributed by atoms with Crippen LogP contribution in [0, 0.1) is 11.8 Å². The molecule has 0 unspecified atom stereocenters. The van der Waals surface area contributed by atoms with E-state index in [2.05, 4.69) is 11.9 Å². The second kappa shape index (κ2) is 4.83. The second-order valence-corrected chi connectivity index (χ2v) is 4.55. The van der Waals surface area contributed by atoms with Crippen molar-refractivity contribution in [3.05, 3.63) is 12.8 Å². The summed E-state index contributed by atoms with van der Waals surface area (Å²) < 4.78 is 5.09. The van der Waals surface area contributed by atoms with Crippen LogP contribution in [0.1, 0.15) is 32.1 Å². The first-order valence-electron chi connectivity index (χ1n) is 5.87. The van der Waals surface area contributed by atoms with E-state index in [0.717, 1.165) is 37.5 Å². The summed E-state index contributed by atoms with van der Waals surface area (Å²) in [4.78, 5) is 0. The van der Waals surface area contributed by atoms with Crippen LogP contribution in [0.25, 0.3) is 0 Å². The van der Waals surface area contributed by atoms with E-state index >= 15 is 0 Å². The summed E-state index contributed by atoms with van der Waals surface area (Å²) in [5.74, 6) is 2.01. The minimum absolute atomic E-state index is 0.804. The third-order valence-corrected chi connectivity index (χ3v) is 3.20. The maximum atomic E-state index is 5.09. The van der Waals surface area contributed by atoms with Crippen molar-refractivity contribution >= 4 is 0 Å². The van der Waals surface area contributed by atoms with Gasteiger partial charge in [0.1, 0.15) is 0 Å². The molecular weight excluding hydrogens is 174 g/mol. The summed E-state index contributed by atoms with van der Waals surface area (Å²) in [6, 6.07) is 0.832. The van der Waals surface area contributed by atoms with Crippen LogP contribution in [0.2, 0.25) is 0 Å². The average Bonchev–Trinajstić information content (AvgIpc) is 3.03. The summed E-state index contributed by atoms with van der Waals surface area (Å²) in [5.41, 5.74) is 0. The molecule has 0 radical (unpaired) electrons. The largest absolute Gasteiger partial charge is 0.502 e. The third-order valence-electron chi connectivity index (χ3n) is 3.20. The fraction of sp³-hybridized carbons (Fsp3) is 0.833. The normalized spacial score (nSPS) is 21.2. The van der Waals surface area contributed by atoms with E-state index in [1.54, 1.807) is 0 Å². The third kappa shape index (κ3) is 3.02. The van der Waals surface area contributed by atoms with Gasteiger partial charge >= 0.3 is 0 Å².